The van der Waals surface area contributed by atoms with Crippen molar-refractivity contribution in [3.05, 3.63) is 64.3 Å². The summed E-state index contributed by atoms with van der Waals surface area (Å²) in [4.78, 5) is 27.1. The number of halogens is 1. The minimum atomic E-state index is -0.231. The van der Waals surface area contributed by atoms with Crippen LogP contribution >= 0.6 is 11.6 Å². The average molecular weight is 520 g/mol. The van der Waals surface area contributed by atoms with E-state index >= 15 is 0 Å². The van der Waals surface area contributed by atoms with Crippen LogP contribution in [0, 0.1) is 13.8 Å². The molecule has 8 nitrogen and oxygen atoms in total. The number of carbonyl (C=O) groups excluding carboxylic acids is 1. The molecule has 0 bridgehead atoms. The summed E-state index contributed by atoms with van der Waals surface area (Å²) in [5, 5.41) is 10.5. The number of para-hydroxylation sites is 1. The van der Waals surface area contributed by atoms with Crippen LogP contribution in [0.25, 0.3) is 0 Å². The number of nitrogens with zero attached hydrogens (tertiary/aromatic N) is 4. The molecule has 1 aromatic heterocycles. The third kappa shape index (κ3) is 5.81. The predicted molar refractivity (Wildman–Crippen MR) is 152 cm³/mol. The highest BCUT2D eigenvalue weighted by atomic mass is 35.5. The standard InChI is InChI=1S/C28H34ClN7O/c1-18-6-4-7-19(2)25(18)33-27(37)22-17-30-28(34-26(22)31-20-8-5-9-20)32-21-10-11-24(23(29)16-21)36-14-12-35(3)13-15-36/h4,6-7,10-11,16-17,20H,5,8-9,12-15H2,1-3H3,(H,33,37)(H2,30,31,32,34). The number of amides is 1. The molecular weight excluding hydrogens is 486 g/mol. The third-order valence-electron chi connectivity index (χ3n) is 7.25. The van der Waals surface area contributed by atoms with Crippen molar-refractivity contribution >= 4 is 46.3 Å². The average Bonchev–Trinajstić information content (AvgIpc) is 2.85. The van der Waals surface area contributed by atoms with E-state index in [1.807, 2.05) is 50.2 Å². The fraction of sp³-hybridized carbons (Fsp3) is 0.393. The molecule has 9 heteroatoms. The van der Waals surface area contributed by atoms with E-state index in [-0.39, 0.29) is 5.91 Å². The summed E-state index contributed by atoms with van der Waals surface area (Å²) < 4.78 is 0. The van der Waals surface area contributed by atoms with Gasteiger partial charge in [0, 0.05) is 49.8 Å². The predicted octanol–water partition coefficient (Wildman–Crippen LogP) is 5.46. The molecule has 1 aliphatic heterocycles. The Morgan fingerprint density at radius 3 is 2.43 bits per heavy atom. The molecule has 2 heterocycles. The molecule has 1 saturated carbocycles. The maximum Gasteiger partial charge on any atom is 0.261 e. The maximum absolute atomic E-state index is 13.3. The van der Waals surface area contributed by atoms with Crippen LogP contribution in [0.1, 0.15) is 40.7 Å². The maximum atomic E-state index is 13.3. The van der Waals surface area contributed by atoms with E-state index in [1.54, 1.807) is 6.20 Å². The van der Waals surface area contributed by atoms with Gasteiger partial charge >= 0.3 is 0 Å². The molecule has 1 amide bonds. The molecule has 2 aromatic carbocycles. The first kappa shape index (κ1) is 25.3. The lowest BCUT2D eigenvalue weighted by Crippen LogP contribution is -2.44. The fourth-order valence-corrected chi connectivity index (χ4v) is 4.97. The summed E-state index contributed by atoms with van der Waals surface area (Å²) >= 11 is 6.66. The van der Waals surface area contributed by atoms with Gasteiger partial charge in [-0.15, -0.1) is 0 Å². The first-order valence-corrected chi connectivity index (χ1v) is 13.3. The van der Waals surface area contributed by atoms with Gasteiger partial charge in [0.05, 0.1) is 10.7 Å². The molecule has 0 radical (unpaired) electrons. The van der Waals surface area contributed by atoms with Gasteiger partial charge < -0.3 is 25.8 Å². The number of hydrogen-bond acceptors (Lipinski definition) is 7. The van der Waals surface area contributed by atoms with Crippen molar-refractivity contribution < 1.29 is 4.79 Å². The SMILES string of the molecule is Cc1cccc(C)c1NC(=O)c1cnc(Nc2ccc(N3CCN(C)CC3)c(Cl)c2)nc1NC1CCC1. The number of benzene rings is 2. The Hall–Kier alpha value is -3.36. The van der Waals surface area contributed by atoms with E-state index in [4.69, 9.17) is 16.6 Å². The second-order valence-electron chi connectivity index (χ2n) is 10.0. The van der Waals surface area contributed by atoms with Gasteiger partial charge in [-0.25, -0.2) is 4.98 Å². The van der Waals surface area contributed by atoms with Gasteiger partial charge in [0.2, 0.25) is 5.95 Å². The number of likely N-dealkylation sites (N-methyl/N-ethyl adjacent to an activating group) is 1. The van der Waals surface area contributed by atoms with E-state index in [9.17, 15) is 4.79 Å². The van der Waals surface area contributed by atoms with Crippen LogP contribution in [0.5, 0.6) is 0 Å². The molecule has 0 spiro atoms. The molecule has 3 aromatic rings. The highest BCUT2D eigenvalue weighted by Gasteiger charge is 2.23. The van der Waals surface area contributed by atoms with Crippen LogP contribution in [0.15, 0.2) is 42.6 Å². The Balaban J connectivity index is 1.35. The number of hydrogen-bond donors (Lipinski definition) is 3. The Kier molecular flexibility index (Phi) is 7.48. The molecule has 5 rings (SSSR count). The minimum absolute atomic E-state index is 0.231. The minimum Gasteiger partial charge on any atom is -0.368 e. The van der Waals surface area contributed by atoms with Crippen molar-refractivity contribution in [1.82, 2.24) is 14.9 Å². The zero-order valence-electron chi connectivity index (χ0n) is 21.6. The molecule has 2 aliphatic rings. The van der Waals surface area contributed by atoms with Gasteiger partial charge in [-0.05, 0) is 69.5 Å². The number of anilines is 5. The van der Waals surface area contributed by atoms with Gasteiger partial charge in [-0.3, -0.25) is 4.79 Å². The monoisotopic (exact) mass is 519 g/mol. The molecule has 0 unspecified atom stereocenters. The Morgan fingerprint density at radius 2 is 1.78 bits per heavy atom. The van der Waals surface area contributed by atoms with Gasteiger partial charge in [0.15, 0.2) is 0 Å². The van der Waals surface area contributed by atoms with Gasteiger partial charge in [0.25, 0.3) is 5.91 Å². The molecule has 0 atom stereocenters. The Labute approximate surface area is 223 Å². The zero-order chi connectivity index (χ0) is 25.9. The van der Waals surface area contributed by atoms with E-state index in [2.05, 4.69) is 37.8 Å². The first-order valence-electron chi connectivity index (χ1n) is 12.9. The van der Waals surface area contributed by atoms with E-state index < -0.39 is 0 Å². The second kappa shape index (κ2) is 10.9. The molecule has 1 aliphatic carbocycles. The second-order valence-corrected chi connectivity index (χ2v) is 10.4. The Bertz CT molecular complexity index is 1270. The van der Waals surface area contributed by atoms with Gasteiger partial charge in [-0.1, -0.05) is 29.8 Å². The lowest BCUT2D eigenvalue weighted by Gasteiger charge is -2.34. The van der Waals surface area contributed by atoms with Crippen LogP contribution < -0.4 is 20.9 Å². The van der Waals surface area contributed by atoms with Crippen molar-refractivity contribution in [3.63, 3.8) is 0 Å². The molecule has 1 saturated heterocycles. The quantitative estimate of drug-likeness (QED) is 0.382. The topological polar surface area (TPSA) is 85.4 Å². The van der Waals surface area contributed by atoms with Crippen LogP contribution in [0.4, 0.5) is 28.8 Å². The van der Waals surface area contributed by atoms with E-state index in [1.165, 1.54) is 6.42 Å². The number of piperazine rings is 1. The highest BCUT2D eigenvalue weighted by Crippen LogP contribution is 2.31. The fourth-order valence-electron chi connectivity index (χ4n) is 4.67. The van der Waals surface area contributed by atoms with Gasteiger partial charge in [-0.2, -0.15) is 4.98 Å². The van der Waals surface area contributed by atoms with Crippen LogP contribution in [-0.4, -0.2) is 60.0 Å². The first-order chi connectivity index (χ1) is 17.9. The lowest BCUT2D eigenvalue weighted by molar-refractivity contribution is 0.102. The van der Waals surface area contributed by atoms with Crippen LogP contribution in [-0.2, 0) is 0 Å². The van der Waals surface area contributed by atoms with Crippen LogP contribution in [0.3, 0.4) is 0 Å². The highest BCUT2D eigenvalue weighted by molar-refractivity contribution is 6.33. The van der Waals surface area contributed by atoms with Crippen molar-refractivity contribution in [1.29, 1.82) is 0 Å². The van der Waals surface area contributed by atoms with Gasteiger partial charge in [0.1, 0.15) is 11.4 Å². The molecular formula is C28H34ClN7O. The normalized spacial score (nSPS) is 16.3. The summed E-state index contributed by atoms with van der Waals surface area (Å²) in [5.74, 6) is 0.713. The summed E-state index contributed by atoms with van der Waals surface area (Å²) in [7, 11) is 2.14. The van der Waals surface area contributed by atoms with Crippen molar-refractivity contribution in [3.8, 4) is 0 Å². The number of aromatic nitrogens is 2. The van der Waals surface area contributed by atoms with Crippen molar-refractivity contribution in [2.45, 2.75) is 39.2 Å². The smallest absolute Gasteiger partial charge is 0.261 e. The van der Waals surface area contributed by atoms with Crippen molar-refractivity contribution in [2.75, 3.05) is 54.1 Å². The van der Waals surface area contributed by atoms with E-state index in [0.717, 1.165) is 67.2 Å². The molecule has 194 valence electrons. The Morgan fingerprint density at radius 1 is 1.05 bits per heavy atom. The number of carbonyl (C=O) groups is 1. The summed E-state index contributed by atoms with van der Waals surface area (Å²) in [6.07, 6.45) is 4.89. The number of nitrogens with one attached hydrogen (secondary N) is 3. The van der Waals surface area contributed by atoms with Crippen molar-refractivity contribution in [2.24, 2.45) is 0 Å². The summed E-state index contributed by atoms with van der Waals surface area (Å²) in [6.45, 7) is 7.91. The van der Waals surface area contributed by atoms with E-state index in [0.29, 0.717) is 28.4 Å². The molecule has 2 fully saturated rings. The third-order valence-corrected chi connectivity index (χ3v) is 7.55. The zero-order valence-corrected chi connectivity index (χ0v) is 22.4. The number of rotatable bonds is 7. The van der Waals surface area contributed by atoms with Crippen LogP contribution in [0.2, 0.25) is 5.02 Å². The number of aryl methyl sites for hydroxylation is 2. The molecule has 37 heavy (non-hydrogen) atoms. The summed E-state index contributed by atoms with van der Waals surface area (Å²) in [6, 6.07) is 12.2. The largest absolute Gasteiger partial charge is 0.368 e. The lowest BCUT2D eigenvalue weighted by atomic mass is 9.93. The summed E-state index contributed by atoms with van der Waals surface area (Å²) in [5.41, 5.74) is 5.09. The molecule has 3 N–H and O–H groups in total.